The number of carbonyl (C=O) groups excluding carboxylic acids is 1. The van der Waals surface area contributed by atoms with E-state index in [1.54, 1.807) is 18.2 Å². The number of methoxy groups -OCH3 is 1. The minimum absolute atomic E-state index is 0.216. The Bertz CT molecular complexity index is 1980. The Morgan fingerprint density at radius 1 is 1.00 bits per heavy atom. The number of nitrogens with zero attached hydrogens (tertiary/aromatic N) is 2. The molecule has 0 bridgehead atoms. The van der Waals surface area contributed by atoms with Crippen LogP contribution in [0.15, 0.2) is 80.6 Å². The summed E-state index contributed by atoms with van der Waals surface area (Å²) in [6, 6.07) is 15.9. The number of fused-ring (bicyclic) bond motifs is 2. The van der Waals surface area contributed by atoms with Gasteiger partial charge in [0.1, 0.15) is 12.4 Å². The maximum Gasteiger partial charge on any atom is 0.337 e. The summed E-state index contributed by atoms with van der Waals surface area (Å²) in [5, 5.41) is 0. The van der Waals surface area contributed by atoms with Crippen molar-refractivity contribution in [2.24, 2.45) is 4.99 Å². The van der Waals surface area contributed by atoms with E-state index in [-0.39, 0.29) is 17.9 Å². The molecule has 2 aliphatic heterocycles. The number of rotatable bonds is 10. The molecule has 232 valence electrons. The molecule has 0 fully saturated rings. The Kier molecular flexibility index (Phi) is 8.95. The largest absolute Gasteiger partial charge is 0.490 e. The first-order valence-electron chi connectivity index (χ1n) is 14.2. The molecule has 0 amide bonds. The lowest BCUT2D eigenvalue weighted by Crippen LogP contribution is -2.39. The summed E-state index contributed by atoms with van der Waals surface area (Å²) in [6.07, 6.45) is 3.25. The fraction of sp³-hybridized carbons (Fsp3) is 0.242. The van der Waals surface area contributed by atoms with E-state index in [4.69, 9.17) is 28.4 Å². The molecule has 0 aliphatic carbocycles. The van der Waals surface area contributed by atoms with Gasteiger partial charge in [0.2, 0.25) is 6.79 Å². The highest BCUT2D eigenvalue weighted by molar-refractivity contribution is 9.10. The Morgan fingerprint density at radius 2 is 1.78 bits per heavy atom. The molecule has 0 N–H and O–H groups in total. The zero-order valence-corrected chi connectivity index (χ0v) is 27.1. The van der Waals surface area contributed by atoms with E-state index in [1.807, 2.05) is 56.3 Å². The van der Waals surface area contributed by atoms with Crippen LogP contribution in [0.1, 0.15) is 36.6 Å². The Labute approximate surface area is 270 Å². The van der Waals surface area contributed by atoms with E-state index in [9.17, 15) is 9.59 Å². The predicted octanol–water partition coefficient (Wildman–Crippen LogP) is 4.89. The topological polar surface area (TPSA) is 107 Å². The Morgan fingerprint density at radius 3 is 2.56 bits per heavy atom. The number of esters is 1. The van der Waals surface area contributed by atoms with Gasteiger partial charge in [-0.2, -0.15) is 0 Å². The van der Waals surface area contributed by atoms with Crippen LogP contribution >= 0.6 is 27.3 Å². The number of aromatic nitrogens is 1. The molecule has 0 saturated heterocycles. The number of hydrogen-bond donors (Lipinski definition) is 0. The second-order valence-corrected chi connectivity index (χ2v) is 11.8. The fourth-order valence-corrected chi connectivity index (χ4v) is 6.53. The van der Waals surface area contributed by atoms with Crippen LogP contribution in [0, 0.1) is 0 Å². The SMILES string of the molecule is CCOc1ccc([C@H]2C(C(=O)OC)=CN=c3s/c(=C\c4ccc(OCc5ccc6c(c5)OCO6)c(Br)c4)c(=O)n32)cc1OCC. The van der Waals surface area contributed by atoms with Crippen molar-refractivity contribution in [2.75, 3.05) is 27.1 Å². The van der Waals surface area contributed by atoms with Gasteiger partial charge in [0.05, 0.1) is 40.9 Å². The van der Waals surface area contributed by atoms with E-state index >= 15 is 0 Å². The number of thiazole rings is 1. The Hall–Kier alpha value is -4.55. The van der Waals surface area contributed by atoms with Crippen molar-refractivity contribution in [3.8, 4) is 28.7 Å². The highest BCUT2D eigenvalue weighted by Gasteiger charge is 2.31. The second-order valence-electron chi connectivity index (χ2n) is 9.91. The minimum atomic E-state index is -0.774. The highest BCUT2D eigenvalue weighted by atomic mass is 79.9. The second kappa shape index (κ2) is 13.2. The van der Waals surface area contributed by atoms with E-state index in [0.29, 0.717) is 57.7 Å². The third kappa shape index (κ3) is 6.20. The first-order valence-corrected chi connectivity index (χ1v) is 15.8. The molecule has 2 aliphatic rings. The zero-order valence-electron chi connectivity index (χ0n) is 24.7. The summed E-state index contributed by atoms with van der Waals surface area (Å²) in [4.78, 5) is 31.7. The zero-order chi connectivity index (χ0) is 31.5. The van der Waals surface area contributed by atoms with Crippen LogP contribution in [-0.2, 0) is 16.1 Å². The average molecular weight is 694 g/mol. The van der Waals surface area contributed by atoms with Gasteiger partial charge >= 0.3 is 5.97 Å². The van der Waals surface area contributed by atoms with Crippen molar-refractivity contribution in [3.63, 3.8) is 0 Å². The number of ether oxygens (including phenoxy) is 6. The molecule has 1 aromatic heterocycles. The summed E-state index contributed by atoms with van der Waals surface area (Å²) in [7, 11) is 1.30. The lowest BCUT2D eigenvalue weighted by atomic mass is 9.97. The van der Waals surface area contributed by atoms with Gasteiger partial charge in [-0.3, -0.25) is 9.36 Å². The normalized spacial score (nSPS) is 15.2. The van der Waals surface area contributed by atoms with Crippen molar-refractivity contribution in [2.45, 2.75) is 26.5 Å². The summed E-state index contributed by atoms with van der Waals surface area (Å²) in [5.74, 6) is 2.58. The molecule has 3 heterocycles. The van der Waals surface area contributed by atoms with Gasteiger partial charge in [0.25, 0.3) is 5.56 Å². The molecule has 6 rings (SSSR count). The molecule has 1 atom stereocenters. The van der Waals surface area contributed by atoms with E-state index in [2.05, 4.69) is 20.9 Å². The molecule has 0 spiro atoms. The van der Waals surface area contributed by atoms with E-state index in [1.165, 1.54) is 29.2 Å². The molecule has 45 heavy (non-hydrogen) atoms. The number of hydrogen-bond acceptors (Lipinski definition) is 10. The maximum atomic E-state index is 13.9. The van der Waals surface area contributed by atoms with Crippen molar-refractivity contribution < 1.29 is 33.2 Å². The molecule has 0 saturated carbocycles. The van der Waals surface area contributed by atoms with Gasteiger partial charge < -0.3 is 28.4 Å². The molecule has 10 nitrogen and oxygen atoms in total. The van der Waals surface area contributed by atoms with E-state index in [0.717, 1.165) is 21.3 Å². The van der Waals surface area contributed by atoms with Crippen molar-refractivity contribution in [1.82, 2.24) is 4.57 Å². The molecule has 0 unspecified atom stereocenters. The molecule has 3 aromatic carbocycles. The summed E-state index contributed by atoms with van der Waals surface area (Å²) in [5.41, 5.74) is 2.33. The van der Waals surface area contributed by atoms with Gasteiger partial charge in [-0.05, 0) is 88.9 Å². The Balaban J connectivity index is 1.32. The van der Waals surface area contributed by atoms with Crippen LogP contribution in [0.5, 0.6) is 28.7 Å². The van der Waals surface area contributed by atoms with Gasteiger partial charge in [-0.1, -0.05) is 29.5 Å². The van der Waals surface area contributed by atoms with Crippen LogP contribution in [-0.4, -0.2) is 37.7 Å². The highest BCUT2D eigenvalue weighted by Crippen LogP contribution is 2.36. The van der Waals surface area contributed by atoms with Gasteiger partial charge in [-0.15, -0.1) is 0 Å². The third-order valence-corrected chi connectivity index (χ3v) is 8.71. The van der Waals surface area contributed by atoms with Crippen molar-refractivity contribution >= 4 is 39.3 Å². The molecular formula is C33H29BrN2O8S. The number of carbonyl (C=O) groups is 1. The van der Waals surface area contributed by atoms with Gasteiger partial charge in [0.15, 0.2) is 27.8 Å². The van der Waals surface area contributed by atoms with Gasteiger partial charge in [0, 0.05) is 6.20 Å². The quantitative estimate of drug-likeness (QED) is 0.217. The van der Waals surface area contributed by atoms with E-state index < -0.39 is 12.0 Å². The average Bonchev–Trinajstić information content (AvgIpc) is 3.64. The minimum Gasteiger partial charge on any atom is -0.490 e. The first kappa shape index (κ1) is 30.5. The van der Waals surface area contributed by atoms with Crippen molar-refractivity contribution in [1.29, 1.82) is 0 Å². The maximum absolute atomic E-state index is 13.9. The summed E-state index contributed by atoms with van der Waals surface area (Å²) < 4.78 is 36.2. The predicted molar refractivity (Wildman–Crippen MR) is 171 cm³/mol. The van der Waals surface area contributed by atoms with Gasteiger partial charge in [-0.25, -0.2) is 9.79 Å². The number of halogens is 1. The third-order valence-electron chi connectivity index (χ3n) is 7.09. The lowest BCUT2D eigenvalue weighted by molar-refractivity contribution is -0.136. The lowest BCUT2D eigenvalue weighted by Gasteiger charge is -2.23. The van der Waals surface area contributed by atoms with Crippen LogP contribution < -0.4 is 38.6 Å². The molecule has 4 aromatic rings. The van der Waals surface area contributed by atoms with Crippen LogP contribution in [0.25, 0.3) is 6.08 Å². The summed E-state index contributed by atoms with van der Waals surface area (Å²) >= 11 is 4.83. The number of benzene rings is 3. The van der Waals surface area contributed by atoms with Crippen LogP contribution in [0.3, 0.4) is 0 Å². The summed E-state index contributed by atoms with van der Waals surface area (Å²) in [6.45, 7) is 5.21. The standard InChI is InChI=1S/C33H29BrN2O8S/c1-4-40-25-11-8-21(15-28(25)41-5-2)30-22(32(38)39-3)16-35-33-36(30)31(37)29(45-33)14-19-6-9-24(23(34)12-19)42-17-20-7-10-26-27(13-20)44-18-43-26/h6-16,30H,4-5,17-18H2,1-3H3/b29-14-/t30-/m0/s1. The van der Waals surface area contributed by atoms with Crippen LogP contribution in [0.4, 0.5) is 0 Å². The van der Waals surface area contributed by atoms with Crippen LogP contribution in [0.2, 0.25) is 0 Å². The smallest absolute Gasteiger partial charge is 0.337 e. The van der Waals surface area contributed by atoms with Crippen molar-refractivity contribution in [3.05, 3.63) is 107 Å². The molecule has 0 radical (unpaired) electrons. The molecule has 12 heteroatoms. The fourth-order valence-electron chi connectivity index (χ4n) is 5.05. The molecular weight excluding hydrogens is 664 g/mol. The monoisotopic (exact) mass is 692 g/mol. The first-order chi connectivity index (χ1) is 21.9.